The highest BCUT2D eigenvalue weighted by Gasteiger charge is 2.28. The molecule has 0 aromatic heterocycles. The van der Waals surface area contributed by atoms with E-state index >= 15 is 0 Å². The van der Waals surface area contributed by atoms with Crippen LogP contribution in [0.2, 0.25) is 0 Å². The van der Waals surface area contributed by atoms with Crippen molar-refractivity contribution in [2.45, 2.75) is 59.3 Å². The molecular formula is C29H38NO+. The zero-order valence-corrected chi connectivity index (χ0v) is 20.3. The third-order valence-corrected chi connectivity index (χ3v) is 6.20. The number of carbonyl (C=O) groups excluding carboxylic acids is 1. The van der Waals surface area contributed by atoms with Gasteiger partial charge in [-0.1, -0.05) is 90.1 Å². The Morgan fingerprint density at radius 3 is 1.35 bits per heavy atom. The van der Waals surface area contributed by atoms with E-state index in [1.165, 1.54) is 16.0 Å². The molecular weight excluding hydrogens is 378 g/mol. The van der Waals surface area contributed by atoms with Gasteiger partial charge in [0, 0.05) is 0 Å². The van der Waals surface area contributed by atoms with Crippen molar-refractivity contribution in [3.8, 4) is 0 Å². The first-order chi connectivity index (χ1) is 14.5. The van der Waals surface area contributed by atoms with Gasteiger partial charge in [-0.3, -0.25) is 4.79 Å². The van der Waals surface area contributed by atoms with Crippen LogP contribution in [-0.2, 0) is 15.6 Å². The number of hydrogen-bond acceptors (Lipinski definition) is 1. The summed E-state index contributed by atoms with van der Waals surface area (Å²) in [7, 11) is 0. The van der Waals surface area contributed by atoms with Crippen LogP contribution in [-0.4, -0.2) is 25.4 Å². The van der Waals surface area contributed by atoms with Crippen LogP contribution >= 0.6 is 0 Å². The Labute approximate surface area is 188 Å². The standard InChI is InChI=1S/C29H37NO/c1-8-30-19-23(17-21-9-13-25(14-10-21)28(2,3)4)27(31)24(20-30)18-22-11-15-26(16-12-22)29(5,6)7/h9-18H,8,19-20H2,1-7H3/p+1. The van der Waals surface area contributed by atoms with E-state index in [1.807, 2.05) is 0 Å². The lowest BCUT2D eigenvalue weighted by atomic mass is 9.86. The summed E-state index contributed by atoms with van der Waals surface area (Å²) in [5, 5.41) is 0. The molecule has 2 nitrogen and oxygen atoms in total. The van der Waals surface area contributed by atoms with Gasteiger partial charge in [0.2, 0.25) is 0 Å². The molecule has 0 saturated carbocycles. The maximum atomic E-state index is 13.3. The molecule has 3 rings (SSSR count). The van der Waals surface area contributed by atoms with Crippen molar-refractivity contribution < 1.29 is 9.69 Å². The van der Waals surface area contributed by atoms with Crippen molar-refractivity contribution in [3.63, 3.8) is 0 Å². The second-order valence-corrected chi connectivity index (χ2v) is 10.9. The fourth-order valence-corrected chi connectivity index (χ4v) is 4.01. The monoisotopic (exact) mass is 416 g/mol. The lowest BCUT2D eigenvalue weighted by Crippen LogP contribution is -3.13. The van der Waals surface area contributed by atoms with Crippen LogP contribution in [0.25, 0.3) is 12.2 Å². The van der Waals surface area contributed by atoms with E-state index in [-0.39, 0.29) is 16.6 Å². The van der Waals surface area contributed by atoms with E-state index in [9.17, 15) is 4.79 Å². The molecule has 1 aliphatic rings. The fraction of sp³-hybridized carbons (Fsp3) is 0.414. The Balaban J connectivity index is 1.89. The van der Waals surface area contributed by atoms with E-state index in [2.05, 4.69) is 109 Å². The van der Waals surface area contributed by atoms with Gasteiger partial charge in [-0.15, -0.1) is 0 Å². The maximum absolute atomic E-state index is 13.3. The topological polar surface area (TPSA) is 21.5 Å². The van der Waals surface area contributed by atoms with Crippen molar-refractivity contribution in [2.75, 3.05) is 19.6 Å². The minimum absolute atomic E-state index is 0.133. The fourth-order valence-electron chi connectivity index (χ4n) is 4.01. The van der Waals surface area contributed by atoms with Crippen LogP contribution < -0.4 is 4.90 Å². The normalized spacial score (nSPS) is 20.5. The molecule has 0 unspecified atom stereocenters. The molecule has 0 atom stereocenters. The highest BCUT2D eigenvalue weighted by atomic mass is 16.1. The van der Waals surface area contributed by atoms with E-state index in [1.54, 1.807) is 0 Å². The highest BCUT2D eigenvalue weighted by molar-refractivity contribution is 6.14. The summed E-state index contributed by atoms with van der Waals surface area (Å²) in [5.41, 5.74) is 6.90. The van der Waals surface area contributed by atoms with E-state index in [4.69, 9.17) is 0 Å². The average Bonchev–Trinajstić information content (AvgIpc) is 2.70. The summed E-state index contributed by atoms with van der Waals surface area (Å²) in [4.78, 5) is 14.7. The summed E-state index contributed by atoms with van der Waals surface area (Å²) in [6, 6.07) is 17.3. The molecule has 1 aliphatic heterocycles. The highest BCUT2D eigenvalue weighted by Crippen LogP contribution is 2.25. The molecule has 1 N–H and O–H groups in total. The predicted molar refractivity (Wildman–Crippen MR) is 132 cm³/mol. The number of nitrogens with one attached hydrogen (secondary N) is 1. The van der Waals surface area contributed by atoms with Gasteiger partial charge >= 0.3 is 0 Å². The molecule has 1 fully saturated rings. The Kier molecular flexibility index (Phi) is 6.71. The van der Waals surface area contributed by atoms with Gasteiger partial charge in [-0.25, -0.2) is 0 Å². The maximum Gasteiger partial charge on any atom is 0.196 e. The molecule has 31 heavy (non-hydrogen) atoms. The first-order valence-electron chi connectivity index (χ1n) is 11.5. The summed E-state index contributed by atoms with van der Waals surface area (Å²) in [6.07, 6.45) is 4.17. The van der Waals surface area contributed by atoms with Gasteiger partial charge < -0.3 is 4.90 Å². The van der Waals surface area contributed by atoms with Crippen LogP contribution in [0.4, 0.5) is 0 Å². The Morgan fingerprint density at radius 1 is 0.710 bits per heavy atom. The first kappa shape index (κ1) is 23.2. The number of Topliss-reactive ketones (excluding diaryl/α,β-unsaturated/α-hetero) is 1. The van der Waals surface area contributed by atoms with Crippen molar-refractivity contribution in [1.82, 2.24) is 0 Å². The quantitative estimate of drug-likeness (QED) is 0.679. The SMILES string of the molecule is CC[NH+]1CC(=Cc2ccc(C(C)(C)C)cc2)C(=O)C(=Cc2ccc(C(C)(C)C)cc2)C1. The first-order valence-corrected chi connectivity index (χ1v) is 11.5. The number of likely N-dealkylation sites (N-methyl/N-ethyl adjacent to an activating group) is 1. The number of benzene rings is 2. The van der Waals surface area contributed by atoms with Crippen molar-refractivity contribution >= 4 is 17.9 Å². The number of quaternary nitrogens is 1. The Hall–Kier alpha value is -2.45. The van der Waals surface area contributed by atoms with E-state index < -0.39 is 0 Å². The van der Waals surface area contributed by atoms with Gasteiger partial charge in [0.05, 0.1) is 17.7 Å². The molecule has 0 radical (unpaired) electrons. The lowest BCUT2D eigenvalue weighted by Gasteiger charge is -2.26. The molecule has 0 spiro atoms. The van der Waals surface area contributed by atoms with Gasteiger partial charge in [-0.2, -0.15) is 0 Å². The summed E-state index contributed by atoms with van der Waals surface area (Å²) < 4.78 is 0. The number of likely N-dealkylation sites (tertiary alicyclic amines) is 1. The molecule has 1 saturated heterocycles. The summed E-state index contributed by atoms with van der Waals surface area (Å²) in [5.74, 6) is 0.192. The molecule has 164 valence electrons. The molecule has 2 aromatic rings. The van der Waals surface area contributed by atoms with Crippen LogP contribution in [0.5, 0.6) is 0 Å². The number of rotatable bonds is 3. The van der Waals surface area contributed by atoms with Gasteiger partial charge in [0.15, 0.2) is 5.78 Å². The minimum Gasteiger partial charge on any atom is -0.327 e. The van der Waals surface area contributed by atoms with Crippen molar-refractivity contribution in [3.05, 3.63) is 81.9 Å². The molecule has 1 heterocycles. The van der Waals surface area contributed by atoms with Crippen LogP contribution in [0, 0.1) is 0 Å². The number of ketones is 1. The molecule has 0 bridgehead atoms. The molecule has 2 aromatic carbocycles. The smallest absolute Gasteiger partial charge is 0.196 e. The second-order valence-electron chi connectivity index (χ2n) is 10.9. The van der Waals surface area contributed by atoms with Crippen LogP contribution in [0.15, 0.2) is 59.7 Å². The minimum atomic E-state index is 0.133. The zero-order chi connectivity index (χ0) is 22.8. The molecule has 2 heteroatoms. The van der Waals surface area contributed by atoms with Crippen molar-refractivity contribution in [2.24, 2.45) is 0 Å². The lowest BCUT2D eigenvalue weighted by molar-refractivity contribution is -0.889. The number of carbonyl (C=O) groups is 1. The largest absolute Gasteiger partial charge is 0.327 e. The Morgan fingerprint density at radius 2 is 1.06 bits per heavy atom. The van der Waals surface area contributed by atoms with Gasteiger partial charge in [-0.05, 0) is 52.2 Å². The predicted octanol–water partition coefficient (Wildman–Crippen LogP) is 5.24. The van der Waals surface area contributed by atoms with Crippen LogP contribution in [0.1, 0.15) is 70.7 Å². The summed E-state index contributed by atoms with van der Waals surface area (Å²) in [6.45, 7) is 18.1. The Bertz CT molecular complexity index is 898. The van der Waals surface area contributed by atoms with E-state index in [0.717, 1.165) is 41.9 Å². The summed E-state index contributed by atoms with van der Waals surface area (Å²) >= 11 is 0. The van der Waals surface area contributed by atoms with Crippen LogP contribution in [0.3, 0.4) is 0 Å². The number of hydrogen-bond donors (Lipinski definition) is 1. The van der Waals surface area contributed by atoms with E-state index in [0.29, 0.717) is 0 Å². The average molecular weight is 417 g/mol. The third-order valence-electron chi connectivity index (χ3n) is 6.20. The van der Waals surface area contributed by atoms with Gasteiger partial charge in [0.1, 0.15) is 13.1 Å². The second kappa shape index (κ2) is 8.96. The molecule has 0 aliphatic carbocycles. The van der Waals surface area contributed by atoms with Gasteiger partial charge in [0.25, 0.3) is 0 Å². The van der Waals surface area contributed by atoms with Crippen molar-refractivity contribution in [1.29, 1.82) is 0 Å². The zero-order valence-electron chi connectivity index (χ0n) is 20.3. The third kappa shape index (κ3) is 5.83. The number of piperidine rings is 1. The molecule has 0 amide bonds.